The maximum atomic E-state index is 12.2. The molecule has 1 aromatic carbocycles. The normalized spacial score (nSPS) is 11.5. The molecule has 7 nitrogen and oxygen atoms in total. The predicted octanol–water partition coefficient (Wildman–Crippen LogP) is 4.33. The average molecular weight is 426 g/mol. The summed E-state index contributed by atoms with van der Waals surface area (Å²) in [6.07, 6.45) is 0.686. The van der Waals surface area contributed by atoms with Crippen LogP contribution >= 0.6 is 0 Å². The Hall–Kier alpha value is -4.08. The summed E-state index contributed by atoms with van der Waals surface area (Å²) in [6, 6.07) is 13.1. The number of anilines is 2. The number of nitrogen functional groups attached to an aromatic ring is 1. The molecule has 2 amide bonds. The summed E-state index contributed by atoms with van der Waals surface area (Å²) < 4.78 is 38.6. The second kappa shape index (κ2) is 7.98. The van der Waals surface area contributed by atoms with Crippen molar-refractivity contribution in [3.05, 3.63) is 67.1 Å². The summed E-state index contributed by atoms with van der Waals surface area (Å²) in [7, 11) is 0. The third-order valence-corrected chi connectivity index (χ3v) is 4.49. The molecule has 4 aromatic rings. The maximum absolute atomic E-state index is 12.2. The number of amides is 2. The summed E-state index contributed by atoms with van der Waals surface area (Å²) in [6.45, 7) is -1.41. The minimum atomic E-state index is -4.48. The van der Waals surface area contributed by atoms with Crippen molar-refractivity contribution >= 4 is 23.1 Å². The Morgan fingerprint density at radius 3 is 2.68 bits per heavy atom. The SMILES string of the molecule is Nc1cccnc1-c1ccn2c(-c3cccc(NC(=O)NCC(F)(F)F)c3)cnc2c1. The number of pyridine rings is 2. The molecule has 4 N–H and O–H groups in total. The Morgan fingerprint density at radius 1 is 1.06 bits per heavy atom. The van der Waals surface area contributed by atoms with Crippen molar-refractivity contribution in [2.75, 3.05) is 17.6 Å². The molecule has 0 bridgehead atoms. The topological polar surface area (TPSA) is 97.3 Å². The molecule has 0 saturated carbocycles. The molecule has 0 aliphatic rings. The van der Waals surface area contributed by atoms with E-state index in [1.165, 1.54) is 0 Å². The van der Waals surface area contributed by atoms with E-state index in [-0.39, 0.29) is 0 Å². The van der Waals surface area contributed by atoms with E-state index < -0.39 is 18.8 Å². The first-order chi connectivity index (χ1) is 14.8. The van der Waals surface area contributed by atoms with E-state index >= 15 is 0 Å². The zero-order valence-corrected chi connectivity index (χ0v) is 16.0. The second-order valence-electron chi connectivity index (χ2n) is 6.73. The molecule has 10 heteroatoms. The van der Waals surface area contributed by atoms with E-state index in [4.69, 9.17) is 5.73 Å². The fraction of sp³-hybridized carbons (Fsp3) is 0.0952. The van der Waals surface area contributed by atoms with Crippen molar-refractivity contribution in [2.24, 2.45) is 0 Å². The lowest BCUT2D eigenvalue weighted by Gasteiger charge is -2.11. The number of nitrogens with one attached hydrogen (secondary N) is 2. The highest BCUT2D eigenvalue weighted by molar-refractivity contribution is 5.90. The standard InChI is InChI=1S/C21H17F3N6O/c22-21(23,24)12-28-20(31)29-15-4-1-3-13(9-15)17-11-27-18-10-14(6-8-30(17)18)19-16(25)5-2-7-26-19/h1-11H,12,25H2,(H2,28,29,31). The molecule has 0 atom stereocenters. The lowest BCUT2D eigenvalue weighted by Crippen LogP contribution is -2.36. The Bertz CT molecular complexity index is 1250. The van der Waals surface area contributed by atoms with Crippen molar-refractivity contribution in [3.8, 4) is 22.5 Å². The molecule has 158 valence electrons. The van der Waals surface area contributed by atoms with Crippen LogP contribution in [0.25, 0.3) is 28.2 Å². The second-order valence-corrected chi connectivity index (χ2v) is 6.73. The van der Waals surface area contributed by atoms with Crippen LogP contribution in [-0.4, -0.2) is 33.1 Å². The highest BCUT2D eigenvalue weighted by Gasteiger charge is 2.27. The van der Waals surface area contributed by atoms with Crippen LogP contribution in [0.1, 0.15) is 0 Å². The largest absolute Gasteiger partial charge is 0.405 e. The van der Waals surface area contributed by atoms with Gasteiger partial charge in [0.2, 0.25) is 0 Å². The van der Waals surface area contributed by atoms with Gasteiger partial charge in [-0.15, -0.1) is 0 Å². The first kappa shape index (κ1) is 20.2. The van der Waals surface area contributed by atoms with Crippen LogP contribution in [0, 0.1) is 0 Å². The molecule has 0 fully saturated rings. The summed E-state index contributed by atoms with van der Waals surface area (Å²) >= 11 is 0. The number of alkyl halides is 3. The summed E-state index contributed by atoms with van der Waals surface area (Å²) in [5.74, 6) is 0. The lowest BCUT2D eigenvalue weighted by atomic mass is 10.1. The Kier molecular flexibility index (Phi) is 5.20. The van der Waals surface area contributed by atoms with Gasteiger partial charge in [0, 0.05) is 29.2 Å². The van der Waals surface area contributed by atoms with Crippen LogP contribution in [0.2, 0.25) is 0 Å². The van der Waals surface area contributed by atoms with Crippen molar-refractivity contribution in [1.82, 2.24) is 19.7 Å². The van der Waals surface area contributed by atoms with Gasteiger partial charge in [-0.25, -0.2) is 9.78 Å². The van der Waals surface area contributed by atoms with Gasteiger partial charge < -0.3 is 16.4 Å². The molecule has 4 rings (SSSR count). The summed E-state index contributed by atoms with van der Waals surface area (Å²) in [5, 5.41) is 4.17. The number of fused-ring (bicyclic) bond motifs is 1. The van der Waals surface area contributed by atoms with Gasteiger partial charge in [0.25, 0.3) is 0 Å². The van der Waals surface area contributed by atoms with E-state index in [0.29, 0.717) is 22.7 Å². The van der Waals surface area contributed by atoms with Gasteiger partial charge in [0.1, 0.15) is 12.2 Å². The third kappa shape index (κ3) is 4.58. The van der Waals surface area contributed by atoms with Gasteiger partial charge in [-0.1, -0.05) is 12.1 Å². The molecular weight excluding hydrogens is 409 g/mol. The van der Waals surface area contributed by atoms with Crippen LogP contribution < -0.4 is 16.4 Å². The number of hydrogen-bond donors (Lipinski definition) is 3. The van der Waals surface area contributed by atoms with Gasteiger partial charge in [-0.2, -0.15) is 13.2 Å². The highest BCUT2D eigenvalue weighted by atomic mass is 19.4. The number of urea groups is 1. The number of nitrogens with two attached hydrogens (primary N) is 1. The summed E-state index contributed by atoms with van der Waals surface area (Å²) in [4.78, 5) is 20.5. The van der Waals surface area contributed by atoms with Gasteiger partial charge in [-0.3, -0.25) is 9.38 Å². The Labute approximate surface area is 174 Å². The monoisotopic (exact) mass is 426 g/mol. The lowest BCUT2D eigenvalue weighted by molar-refractivity contribution is -0.122. The average Bonchev–Trinajstić information content (AvgIpc) is 3.16. The van der Waals surface area contributed by atoms with Crippen molar-refractivity contribution in [3.63, 3.8) is 0 Å². The van der Waals surface area contributed by atoms with E-state index in [2.05, 4.69) is 15.3 Å². The Balaban J connectivity index is 1.59. The van der Waals surface area contributed by atoms with E-state index in [1.54, 1.807) is 48.0 Å². The molecule has 0 radical (unpaired) electrons. The fourth-order valence-corrected chi connectivity index (χ4v) is 3.11. The van der Waals surface area contributed by atoms with Crippen LogP contribution in [0.5, 0.6) is 0 Å². The molecule has 0 spiro atoms. The van der Waals surface area contributed by atoms with Crippen LogP contribution in [0.4, 0.5) is 29.3 Å². The number of benzene rings is 1. The minimum absolute atomic E-state index is 0.352. The number of aromatic nitrogens is 3. The van der Waals surface area contributed by atoms with E-state index in [9.17, 15) is 18.0 Å². The van der Waals surface area contributed by atoms with E-state index in [1.807, 2.05) is 28.8 Å². The minimum Gasteiger partial charge on any atom is -0.397 e. The molecule has 0 aliphatic heterocycles. The zero-order valence-electron chi connectivity index (χ0n) is 16.0. The number of carbonyl (C=O) groups excluding carboxylic acids is 1. The fourth-order valence-electron chi connectivity index (χ4n) is 3.11. The van der Waals surface area contributed by atoms with Crippen LogP contribution in [0.15, 0.2) is 67.1 Å². The molecule has 0 aliphatic carbocycles. The number of rotatable bonds is 4. The van der Waals surface area contributed by atoms with E-state index in [0.717, 1.165) is 16.8 Å². The first-order valence-corrected chi connectivity index (χ1v) is 9.20. The molecule has 0 saturated heterocycles. The van der Waals surface area contributed by atoms with Crippen molar-refractivity contribution in [1.29, 1.82) is 0 Å². The van der Waals surface area contributed by atoms with Crippen molar-refractivity contribution in [2.45, 2.75) is 6.18 Å². The quantitative estimate of drug-likeness (QED) is 0.453. The zero-order chi connectivity index (χ0) is 22.0. The molecular formula is C21H17F3N6O. The third-order valence-electron chi connectivity index (χ3n) is 4.49. The highest BCUT2D eigenvalue weighted by Crippen LogP contribution is 2.28. The number of carbonyl (C=O) groups is 1. The van der Waals surface area contributed by atoms with Crippen LogP contribution in [0.3, 0.4) is 0 Å². The maximum Gasteiger partial charge on any atom is 0.405 e. The van der Waals surface area contributed by atoms with Gasteiger partial charge in [0.05, 0.1) is 23.3 Å². The first-order valence-electron chi connectivity index (χ1n) is 9.20. The van der Waals surface area contributed by atoms with Crippen LogP contribution in [-0.2, 0) is 0 Å². The number of halogens is 3. The van der Waals surface area contributed by atoms with Gasteiger partial charge in [0.15, 0.2) is 0 Å². The number of imidazole rings is 1. The Morgan fingerprint density at radius 2 is 1.90 bits per heavy atom. The molecule has 3 heterocycles. The number of nitrogens with zero attached hydrogens (tertiary/aromatic N) is 3. The summed E-state index contributed by atoms with van der Waals surface area (Å²) in [5.41, 5.74) is 10.5. The van der Waals surface area contributed by atoms with Gasteiger partial charge in [-0.05, 0) is 36.4 Å². The van der Waals surface area contributed by atoms with Gasteiger partial charge >= 0.3 is 12.2 Å². The molecule has 3 aromatic heterocycles. The molecule has 0 unspecified atom stereocenters. The molecule has 31 heavy (non-hydrogen) atoms. The smallest absolute Gasteiger partial charge is 0.397 e. The van der Waals surface area contributed by atoms with Crippen molar-refractivity contribution < 1.29 is 18.0 Å². The predicted molar refractivity (Wildman–Crippen MR) is 111 cm³/mol. The number of hydrogen-bond acceptors (Lipinski definition) is 4.